The summed E-state index contributed by atoms with van der Waals surface area (Å²) in [6.07, 6.45) is 2.69. The first-order valence-corrected chi connectivity index (χ1v) is 13.0. The van der Waals surface area contributed by atoms with Gasteiger partial charge >= 0.3 is 11.9 Å². The Morgan fingerprint density at radius 2 is 1.21 bits per heavy atom. The summed E-state index contributed by atoms with van der Waals surface area (Å²) in [6.45, 7) is 17.7. The van der Waals surface area contributed by atoms with Gasteiger partial charge in [-0.3, -0.25) is 0 Å². The maximum Gasteiger partial charge on any atom is 0.330 e. The van der Waals surface area contributed by atoms with Crippen molar-refractivity contribution in [3.05, 3.63) is 73.3 Å². The number of rotatable bonds is 12. The van der Waals surface area contributed by atoms with Gasteiger partial charge in [0.2, 0.25) is 0 Å². The van der Waals surface area contributed by atoms with Gasteiger partial charge in [-0.2, -0.15) is 0 Å². The van der Waals surface area contributed by atoms with Crippen LogP contribution in [0.2, 0.25) is 0 Å². The molecule has 0 aliphatic heterocycles. The zero-order valence-corrected chi connectivity index (χ0v) is 23.0. The maximum atomic E-state index is 11.8. The van der Waals surface area contributed by atoms with Gasteiger partial charge in [0.15, 0.2) is 0 Å². The highest BCUT2D eigenvalue weighted by Gasteiger charge is 2.22. The van der Waals surface area contributed by atoms with E-state index < -0.39 is 24.1 Å². The Morgan fingerprint density at radius 3 is 1.63 bits per heavy atom. The summed E-state index contributed by atoms with van der Waals surface area (Å²) in [5.41, 5.74) is 1.06. The summed E-state index contributed by atoms with van der Waals surface area (Å²) in [7, 11) is 0. The van der Waals surface area contributed by atoms with Gasteiger partial charge in [0.25, 0.3) is 0 Å². The molecule has 0 radical (unpaired) electrons. The molecule has 3 aromatic carbocycles. The molecule has 0 aliphatic carbocycles. The lowest BCUT2D eigenvalue weighted by molar-refractivity contribution is -0.145. The average Bonchev–Trinajstić information content (AvgIpc) is 2.91. The molecule has 202 valence electrons. The fourth-order valence-electron chi connectivity index (χ4n) is 4.12. The van der Waals surface area contributed by atoms with E-state index in [-0.39, 0.29) is 18.6 Å². The molecule has 2 unspecified atom stereocenters. The molecule has 0 saturated heterocycles. The van der Waals surface area contributed by atoms with Gasteiger partial charge in [-0.25, -0.2) is 9.59 Å². The summed E-state index contributed by atoms with van der Waals surface area (Å²) in [5, 5.41) is 3.53. The number of hydrogen-bond acceptors (Lipinski definition) is 6. The van der Waals surface area contributed by atoms with Gasteiger partial charge in [-0.15, -0.1) is 0 Å². The SMILES string of the molecule is C=CC(=O)OC(CC)COc1c2ccccc2c(OCC(CC)OC(=O)C=C)c2cc(C(C)(C)C)ccc12. The second-order valence-electron chi connectivity index (χ2n) is 10.2. The molecule has 0 amide bonds. The van der Waals surface area contributed by atoms with Crippen LogP contribution in [0.4, 0.5) is 0 Å². The van der Waals surface area contributed by atoms with Crippen LogP contribution < -0.4 is 9.47 Å². The molecular weight excluding hydrogens is 480 g/mol. The molecule has 3 aromatic rings. The number of benzene rings is 3. The fraction of sp³-hybridized carbons (Fsp3) is 0.375. The first kappa shape index (κ1) is 28.8. The molecule has 6 heteroatoms. The third-order valence-electron chi connectivity index (χ3n) is 6.43. The highest BCUT2D eigenvalue weighted by atomic mass is 16.6. The van der Waals surface area contributed by atoms with E-state index in [9.17, 15) is 9.59 Å². The van der Waals surface area contributed by atoms with E-state index in [1.807, 2.05) is 38.1 Å². The van der Waals surface area contributed by atoms with Crippen molar-refractivity contribution < 1.29 is 28.5 Å². The number of ether oxygens (including phenoxy) is 4. The molecule has 0 aliphatic rings. The minimum atomic E-state index is -0.476. The van der Waals surface area contributed by atoms with Crippen LogP contribution >= 0.6 is 0 Å². The third-order valence-corrected chi connectivity index (χ3v) is 6.43. The quantitative estimate of drug-likeness (QED) is 0.145. The standard InChI is InChI=1S/C32H38O6/c1-8-22(37-28(33)10-3)19-35-30-24-14-12-13-15-25(24)31(36-20-23(9-2)38-29(34)11-4)27-18-21(32(5,6)7)16-17-26(27)30/h10-18,22-23H,3-4,8-9,19-20H2,1-2,5-7H3. The van der Waals surface area contributed by atoms with Crippen molar-refractivity contribution in [2.24, 2.45) is 0 Å². The molecular formula is C32H38O6. The van der Waals surface area contributed by atoms with Gasteiger partial charge in [0.05, 0.1) is 0 Å². The van der Waals surface area contributed by atoms with Crippen molar-refractivity contribution >= 4 is 33.5 Å². The van der Waals surface area contributed by atoms with Crippen molar-refractivity contribution in [1.29, 1.82) is 0 Å². The monoisotopic (exact) mass is 518 g/mol. The molecule has 0 spiro atoms. The van der Waals surface area contributed by atoms with E-state index in [4.69, 9.17) is 18.9 Å². The van der Waals surface area contributed by atoms with Gasteiger partial charge in [0, 0.05) is 33.7 Å². The smallest absolute Gasteiger partial charge is 0.330 e. The predicted molar refractivity (Wildman–Crippen MR) is 152 cm³/mol. The topological polar surface area (TPSA) is 71.1 Å². The predicted octanol–water partition coefficient (Wildman–Crippen LogP) is 7.06. The van der Waals surface area contributed by atoms with E-state index in [1.165, 1.54) is 0 Å². The van der Waals surface area contributed by atoms with Crippen LogP contribution in [0.3, 0.4) is 0 Å². The van der Waals surface area contributed by atoms with Gasteiger partial charge < -0.3 is 18.9 Å². The van der Waals surface area contributed by atoms with Crippen molar-refractivity contribution in [2.75, 3.05) is 13.2 Å². The Hall–Kier alpha value is -3.80. The number of hydrogen-bond donors (Lipinski definition) is 0. The first-order chi connectivity index (χ1) is 18.1. The van der Waals surface area contributed by atoms with Crippen LogP contribution in [0.1, 0.15) is 53.0 Å². The molecule has 0 heterocycles. The molecule has 0 aromatic heterocycles. The number of esters is 2. The Morgan fingerprint density at radius 1 is 0.763 bits per heavy atom. The first-order valence-electron chi connectivity index (χ1n) is 13.0. The summed E-state index contributed by atoms with van der Waals surface area (Å²) < 4.78 is 23.7. The molecule has 0 saturated carbocycles. The number of fused-ring (bicyclic) bond motifs is 2. The number of carbonyl (C=O) groups excluding carboxylic acids is 2. The maximum absolute atomic E-state index is 11.8. The lowest BCUT2D eigenvalue weighted by Crippen LogP contribution is -2.24. The van der Waals surface area contributed by atoms with Gasteiger partial charge in [-0.1, -0.05) is 84.2 Å². The largest absolute Gasteiger partial charge is 0.488 e. The van der Waals surface area contributed by atoms with Gasteiger partial charge in [0.1, 0.15) is 36.9 Å². The van der Waals surface area contributed by atoms with Crippen molar-refractivity contribution in [2.45, 2.75) is 65.1 Å². The molecule has 0 N–H and O–H groups in total. The van der Waals surface area contributed by atoms with Crippen LogP contribution in [0.5, 0.6) is 11.5 Å². The second kappa shape index (κ2) is 12.6. The lowest BCUT2D eigenvalue weighted by Gasteiger charge is -2.24. The summed E-state index contributed by atoms with van der Waals surface area (Å²) in [5.74, 6) is 0.446. The van der Waals surface area contributed by atoms with E-state index in [0.29, 0.717) is 24.3 Å². The van der Waals surface area contributed by atoms with E-state index in [1.54, 1.807) is 0 Å². The second-order valence-corrected chi connectivity index (χ2v) is 10.2. The summed E-state index contributed by atoms with van der Waals surface area (Å²) in [4.78, 5) is 23.6. The Balaban J connectivity index is 2.14. The summed E-state index contributed by atoms with van der Waals surface area (Å²) >= 11 is 0. The zero-order chi connectivity index (χ0) is 27.9. The normalized spacial score (nSPS) is 13.0. The minimum absolute atomic E-state index is 0.0875. The van der Waals surface area contributed by atoms with Crippen LogP contribution in [-0.2, 0) is 24.5 Å². The molecule has 3 rings (SSSR count). The van der Waals surface area contributed by atoms with Crippen molar-refractivity contribution in [3.63, 3.8) is 0 Å². The van der Waals surface area contributed by atoms with Crippen LogP contribution in [0.15, 0.2) is 67.8 Å². The van der Waals surface area contributed by atoms with Crippen LogP contribution in [-0.4, -0.2) is 37.4 Å². The zero-order valence-electron chi connectivity index (χ0n) is 23.0. The summed E-state index contributed by atoms with van der Waals surface area (Å²) in [6, 6.07) is 14.2. The molecule has 2 atom stereocenters. The van der Waals surface area contributed by atoms with Crippen molar-refractivity contribution in [3.8, 4) is 11.5 Å². The Bertz CT molecular complexity index is 1320. The van der Waals surface area contributed by atoms with E-state index in [0.717, 1.165) is 39.3 Å². The minimum Gasteiger partial charge on any atom is -0.488 e. The highest BCUT2D eigenvalue weighted by molar-refractivity contribution is 6.11. The average molecular weight is 519 g/mol. The molecule has 6 nitrogen and oxygen atoms in total. The highest BCUT2D eigenvalue weighted by Crippen LogP contribution is 2.44. The van der Waals surface area contributed by atoms with E-state index >= 15 is 0 Å². The number of carbonyl (C=O) groups is 2. The molecule has 0 fully saturated rings. The third kappa shape index (κ3) is 6.74. The molecule has 38 heavy (non-hydrogen) atoms. The fourth-order valence-corrected chi connectivity index (χ4v) is 4.12. The van der Waals surface area contributed by atoms with Gasteiger partial charge in [-0.05, 0) is 29.9 Å². The van der Waals surface area contributed by atoms with E-state index in [2.05, 4.69) is 52.1 Å². The molecule has 0 bridgehead atoms. The lowest BCUT2D eigenvalue weighted by atomic mass is 9.85. The van der Waals surface area contributed by atoms with Crippen LogP contribution in [0.25, 0.3) is 21.5 Å². The van der Waals surface area contributed by atoms with Crippen molar-refractivity contribution in [1.82, 2.24) is 0 Å². The Labute approximate surface area is 225 Å². The Kier molecular flexibility index (Phi) is 9.56. The van der Waals surface area contributed by atoms with Crippen LogP contribution in [0, 0.1) is 0 Å².